The van der Waals surface area contributed by atoms with Crippen LogP contribution >= 0.6 is 0 Å². The molecule has 1 aliphatic carbocycles. The summed E-state index contributed by atoms with van der Waals surface area (Å²) in [6.45, 7) is 13.4. The Morgan fingerprint density at radius 2 is 0.553 bits per heavy atom. The number of nitrogens with zero attached hydrogens (tertiary/aromatic N) is 2. The topological polar surface area (TPSA) is 24.9 Å². The van der Waals surface area contributed by atoms with Gasteiger partial charge in [-0.25, -0.2) is 0 Å². The van der Waals surface area contributed by atoms with E-state index in [-0.39, 0.29) is 0 Å². The third-order valence-electron chi connectivity index (χ3n) is 29.3. The van der Waals surface area contributed by atoms with Crippen molar-refractivity contribution in [2.45, 2.75) is 41.5 Å². The van der Waals surface area contributed by atoms with E-state index in [1.165, 1.54) is 267 Å². The molecular weight excluding hydrogens is 1600 g/mol. The van der Waals surface area contributed by atoms with Crippen LogP contribution in [0.15, 0.2) is 376 Å². The van der Waals surface area contributed by atoms with Gasteiger partial charge in [-0.05, 0) is 374 Å². The van der Waals surface area contributed by atoms with Crippen LogP contribution in [0.2, 0.25) is 0 Å². The van der Waals surface area contributed by atoms with E-state index in [0.29, 0.717) is 0 Å². The number of fused-ring (bicyclic) bond motifs is 21. The Morgan fingerprint density at radius 1 is 0.182 bits per heavy atom. The van der Waals surface area contributed by atoms with Gasteiger partial charge in [0.15, 0.2) is 0 Å². The summed E-state index contributed by atoms with van der Waals surface area (Å²) in [7, 11) is 3.56. The summed E-state index contributed by atoms with van der Waals surface area (Å²) in [4.78, 5) is 4.93. The van der Waals surface area contributed by atoms with Crippen molar-refractivity contribution >= 4 is 239 Å². The van der Waals surface area contributed by atoms with E-state index in [2.05, 4.69) is 427 Å². The highest BCUT2D eigenvalue weighted by molar-refractivity contribution is 6.45. The van der Waals surface area contributed by atoms with Gasteiger partial charge in [0.05, 0.1) is 25.6 Å². The van der Waals surface area contributed by atoms with Crippen LogP contribution in [0, 0.1) is 41.5 Å². The van der Waals surface area contributed by atoms with Gasteiger partial charge < -0.3 is 19.3 Å². The zero-order valence-corrected chi connectivity index (χ0v) is 74.5. The average Bonchev–Trinajstić information content (AvgIpc) is 1.53. The number of ether oxygens (including phenoxy) is 2. The molecule has 4 nitrogen and oxygen atoms in total. The lowest BCUT2D eigenvalue weighted by Crippen LogP contribution is -2.11. The molecule has 0 aromatic heterocycles. The maximum atomic E-state index is 6.16. The normalized spacial score (nSPS) is 12.2. The fourth-order valence-electron chi connectivity index (χ4n) is 24.2. The van der Waals surface area contributed by atoms with Gasteiger partial charge in [-0.2, -0.15) is 0 Å². The van der Waals surface area contributed by atoms with Crippen molar-refractivity contribution in [3.63, 3.8) is 0 Å². The molecule has 29 rings (SSSR count). The van der Waals surface area contributed by atoms with Gasteiger partial charge >= 0.3 is 0 Å². The number of aryl methyl sites for hydroxylation is 6. The van der Waals surface area contributed by atoms with Crippen LogP contribution in [0.25, 0.3) is 238 Å². The van der Waals surface area contributed by atoms with Crippen molar-refractivity contribution in [3.8, 4) is 44.9 Å². The lowest BCUT2D eigenvalue weighted by molar-refractivity contribution is 0.420. The molecule has 1 aliphatic rings. The largest absolute Gasteiger partial charge is 0.496 e. The monoisotopic (exact) mass is 1680 g/mol. The third-order valence-corrected chi connectivity index (χ3v) is 29.3. The Bertz CT molecular complexity index is 9640. The van der Waals surface area contributed by atoms with Crippen molar-refractivity contribution in [2.24, 2.45) is 0 Å². The summed E-state index contributed by atoms with van der Waals surface area (Å²) in [6.07, 6.45) is 0. The van der Waals surface area contributed by atoms with E-state index < -0.39 is 0 Å². The smallest absolute Gasteiger partial charge is 0.134 e. The van der Waals surface area contributed by atoms with Crippen molar-refractivity contribution in [3.05, 3.63) is 409 Å². The predicted molar refractivity (Wildman–Crippen MR) is 569 cm³/mol. The first-order chi connectivity index (χ1) is 64.9. The fourth-order valence-corrected chi connectivity index (χ4v) is 24.2. The highest BCUT2D eigenvalue weighted by Gasteiger charge is 2.32. The summed E-state index contributed by atoms with van der Waals surface area (Å²) in [5.74, 6) is 1.85. The zero-order valence-electron chi connectivity index (χ0n) is 74.5. The Balaban J connectivity index is 0.000000103. The summed E-state index contributed by atoms with van der Waals surface area (Å²) < 4.78 is 12.1. The molecule has 0 saturated carbocycles. The van der Waals surface area contributed by atoms with Crippen LogP contribution in [0.3, 0.4) is 0 Å². The molecule has 0 saturated heterocycles. The summed E-state index contributed by atoms with van der Waals surface area (Å²) in [5.41, 5.74) is 22.6. The molecular formula is C128H86N2O2. The van der Waals surface area contributed by atoms with Crippen LogP contribution in [0.5, 0.6) is 11.5 Å². The van der Waals surface area contributed by atoms with E-state index >= 15 is 0 Å². The molecule has 28 aromatic rings. The van der Waals surface area contributed by atoms with Gasteiger partial charge in [0.2, 0.25) is 0 Å². The number of rotatable bonds is 9. The van der Waals surface area contributed by atoms with E-state index in [9.17, 15) is 0 Å². The number of hydrogen-bond donors (Lipinski definition) is 0. The van der Waals surface area contributed by atoms with Crippen molar-refractivity contribution in [1.82, 2.24) is 0 Å². The van der Waals surface area contributed by atoms with Crippen LogP contribution in [0.1, 0.15) is 33.4 Å². The third kappa shape index (κ3) is 10.8. The van der Waals surface area contributed by atoms with E-state index in [1.807, 2.05) is 0 Å². The second-order valence-corrected chi connectivity index (χ2v) is 37.1. The first-order valence-electron chi connectivity index (χ1n) is 46.1. The van der Waals surface area contributed by atoms with Crippen molar-refractivity contribution in [1.29, 1.82) is 0 Å². The second kappa shape index (κ2) is 28.5. The fraction of sp³-hybridized carbons (Fsp3) is 0.0625. The minimum absolute atomic E-state index is 0.907. The minimum atomic E-state index is 0.907. The lowest BCUT2D eigenvalue weighted by atomic mass is 9.88. The van der Waals surface area contributed by atoms with Gasteiger partial charge in [0, 0.05) is 71.2 Å². The molecule has 4 heteroatoms. The predicted octanol–water partition coefficient (Wildman–Crippen LogP) is 36.3. The number of hydrogen-bond acceptors (Lipinski definition) is 4. The molecule has 0 unspecified atom stereocenters. The quantitative estimate of drug-likeness (QED) is 0.106. The van der Waals surface area contributed by atoms with Crippen LogP contribution in [-0.4, -0.2) is 14.2 Å². The molecule has 0 bridgehead atoms. The van der Waals surface area contributed by atoms with Gasteiger partial charge in [-0.3, -0.25) is 0 Å². The zero-order chi connectivity index (χ0) is 87.9. The molecule has 620 valence electrons. The van der Waals surface area contributed by atoms with Crippen molar-refractivity contribution in [2.75, 3.05) is 24.0 Å². The molecule has 0 aliphatic heterocycles. The number of anilines is 6. The molecule has 0 radical (unpaired) electrons. The first kappa shape index (κ1) is 75.7. The Hall–Kier alpha value is -16.4. The number of benzene rings is 24. The standard InChI is InChI=1S/C50H33N.C44H29N.C34H24O2/c1-30-25-42-41-29-44-39(38-24-14-23-36-35-21-12-13-22-37(35)49(48(36)38)46(44)32-15-6-3-7-16-32)28-40(41)43-27-31(2)50(45(26-30)47(42)43)51(33-17-8-4-9-18-33)34-19-10-5-11-20-34;1-26-20-28-21-27(2)23-39-37-25-40-35(24-36(37)38(22-26)41(28)39)34-19-11-18-32-31-16-9-10-17-33(31)43(42(32)34)44(40)45(29-12-5-3-6-13-29)30-14-7-4-8-15-30;1-17-10-20-11-18(2)13-27-24-15-29-25(14-23(24)26(12-17)31(20)27)28-16-30(35-3)21-7-5-6-19-8-9-22(34(29)36-4)33(28)32(19)21/h3-29H,1-2H3;3-25H,1-2H3;5-16H,1-4H3. The second-order valence-electron chi connectivity index (χ2n) is 37.1. The highest BCUT2D eigenvalue weighted by Crippen LogP contribution is 2.59. The molecule has 132 heavy (non-hydrogen) atoms. The summed E-state index contributed by atoms with van der Waals surface area (Å²) in [6, 6.07) is 140. The first-order valence-corrected chi connectivity index (χ1v) is 46.1. The summed E-state index contributed by atoms with van der Waals surface area (Å²) >= 11 is 0. The maximum absolute atomic E-state index is 6.16. The van der Waals surface area contributed by atoms with E-state index in [0.717, 1.165) is 50.4 Å². The Morgan fingerprint density at radius 3 is 1.10 bits per heavy atom. The molecule has 0 atom stereocenters. The van der Waals surface area contributed by atoms with Crippen molar-refractivity contribution < 1.29 is 9.47 Å². The average molecular weight is 1680 g/mol. The lowest BCUT2D eigenvalue weighted by Gasteiger charge is -2.29. The van der Waals surface area contributed by atoms with Gasteiger partial charge in [-0.15, -0.1) is 0 Å². The molecule has 28 aromatic carbocycles. The number of methoxy groups -OCH3 is 2. The highest BCUT2D eigenvalue weighted by atomic mass is 16.5. The summed E-state index contributed by atoms with van der Waals surface area (Å²) in [5, 5.41) is 49.4. The molecule has 0 heterocycles. The van der Waals surface area contributed by atoms with Crippen LogP contribution < -0.4 is 19.3 Å². The van der Waals surface area contributed by atoms with Gasteiger partial charge in [0.25, 0.3) is 0 Å². The van der Waals surface area contributed by atoms with Crippen LogP contribution in [-0.2, 0) is 0 Å². The van der Waals surface area contributed by atoms with Gasteiger partial charge in [0.1, 0.15) is 11.5 Å². The molecule has 0 N–H and O–H groups in total. The SMILES string of the molecule is COc1cc2c3cc4c(cc3c(OC)c3ccc5cccc1c5c32)-c1cc(C)cc2cc(C)cc-4c12.Cc1cc2c(N(c3ccccc3)c3ccccc3)c(C)cc3c4cc5c(cc4c(c1)c23)c(-c1ccccc1)c1c2ccccc2c2cccc5c21.Cc1cc2cc(C)cc3c4cc5c(cc4c(c1)c23)c(N(c1ccccc1)c1ccccc1)c1c2ccccc2c2cccc5c21. The Labute approximate surface area is 762 Å². The molecule has 0 spiro atoms. The maximum Gasteiger partial charge on any atom is 0.134 e. The Kier molecular flexibility index (Phi) is 16.4. The van der Waals surface area contributed by atoms with Crippen LogP contribution in [0.4, 0.5) is 34.1 Å². The minimum Gasteiger partial charge on any atom is -0.496 e. The number of para-hydroxylation sites is 4. The van der Waals surface area contributed by atoms with E-state index in [4.69, 9.17) is 9.47 Å². The van der Waals surface area contributed by atoms with E-state index in [1.54, 1.807) is 14.2 Å². The van der Waals surface area contributed by atoms with Gasteiger partial charge in [-0.1, -0.05) is 267 Å². The molecule has 0 amide bonds. The molecule has 0 fully saturated rings.